The number of aryl methyl sites for hydroxylation is 3. The van der Waals surface area contributed by atoms with E-state index in [-0.39, 0.29) is 0 Å². The Morgan fingerprint density at radius 2 is 2.05 bits per heavy atom. The van der Waals surface area contributed by atoms with Crippen LogP contribution < -0.4 is 10.6 Å². The van der Waals surface area contributed by atoms with Gasteiger partial charge in [0.05, 0.1) is 5.52 Å². The van der Waals surface area contributed by atoms with Crippen LogP contribution in [0.3, 0.4) is 0 Å². The SMILES string of the molecule is Cc1cc2nc3c(c(NCC4CCCN4)c2cc1C)CCC3. The number of benzene rings is 1. The number of anilines is 1. The fourth-order valence-corrected chi connectivity index (χ4v) is 3.88. The van der Waals surface area contributed by atoms with Gasteiger partial charge in [0.2, 0.25) is 0 Å². The fourth-order valence-electron chi connectivity index (χ4n) is 3.88. The summed E-state index contributed by atoms with van der Waals surface area (Å²) in [6, 6.07) is 5.19. The van der Waals surface area contributed by atoms with Crippen LogP contribution in [-0.4, -0.2) is 24.1 Å². The summed E-state index contributed by atoms with van der Waals surface area (Å²) in [4.78, 5) is 4.94. The summed E-state index contributed by atoms with van der Waals surface area (Å²) in [6.07, 6.45) is 6.14. The zero-order chi connectivity index (χ0) is 15.1. The van der Waals surface area contributed by atoms with E-state index in [0.717, 1.165) is 18.5 Å². The van der Waals surface area contributed by atoms with Crippen LogP contribution >= 0.6 is 0 Å². The van der Waals surface area contributed by atoms with E-state index in [2.05, 4.69) is 36.6 Å². The van der Waals surface area contributed by atoms with Crippen molar-refractivity contribution in [2.45, 2.75) is 52.0 Å². The molecule has 2 aromatic rings. The maximum Gasteiger partial charge on any atom is 0.0729 e. The van der Waals surface area contributed by atoms with E-state index in [9.17, 15) is 0 Å². The number of nitrogens with one attached hydrogen (secondary N) is 2. The largest absolute Gasteiger partial charge is 0.383 e. The standard InChI is InChI=1S/C19H25N3/c1-12-9-16-18(10-13(12)2)22-17-7-3-6-15(17)19(16)21-11-14-5-4-8-20-14/h9-10,14,20H,3-8,11H2,1-2H3,(H,21,22). The molecule has 22 heavy (non-hydrogen) atoms. The second kappa shape index (κ2) is 5.54. The summed E-state index contributed by atoms with van der Waals surface area (Å²) in [5.41, 5.74) is 7.99. The molecular weight excluding hydrogens is 270 g/mol. The molecule has 2 N–H and O–H groups in total. The zero-order valence-corrected chi connectivity index (χ0v) is 13.6. The van der Waals surface area contributed by atoms with Gasteiger partial charge in [0.25, 0.3) is 0 Å². The molecule has 1 atom stereocenters. The predicted molar refractivity (Wildman–Crippen MR) is 92.8 cm³/mol. The van der Waals surface area contributed by atoms with Crippen molar-refractivity contribution >= 4 is 16.6 Å². The molecule has 1 aromatic heterocycles. The van der Waals surface area contributed by atoms with Crippen LogP contribution in [-0.2, 0) is 12.8 Å². The van der Waals surface area contributed by atoms with Gasteiger partial charge in [-0.3, -0.25) is 4.98 Å². The van der Waals surface area contributed by atoms with E-state index in [1.165, 1.54) is 65.7 Å². The average molecular weight is 295 g/mol. The molecule has 1 aromatic carbocycles. The van der Waals surface area contributed by atoms with Crippen LogP contribution in [0, 0.1) is 13.8 Å². The van der Waals surface area contributed by atoms with Gasteiger partial charge in [-0.15, -0.1) is 0 Å². The third-order valence-electron chi connectivity index (χ3n) is 5.31. The van der Waals surface area contributed by atoms with Gasteiger partial charge in [-0.2, -0.15) is 0 Å². The first-order valence-corrected chi connectivity index (χ1v) is 8.62. The Hall–Kier alpha value is -1.61. The molecule has 1 aliphatic heterocycles. The molecule has 0 spiro atoms. The minimum absolute atomic E-state index is 0.617. The van der Waals surface area contributed by atoms with E-state index in [1.807, 2.05) is 0 Å². The maximum atomic E-state index is 4.94. The molecule has 0 radical (unpaired) electrons. The van der Waals surface area contributed by atoms with Crippen LogP contribution in [0.1, 0.15) is 41.6 Å². The van der Waals surface area contributed by atoms with Crippen LogP contribution in [0.2, 0.25) is 0 Å². The lowest BCUT2D eigenvalue weighted by atomic mass is 10.0. The minimum Gasteiger partial charge on any atom is -0.383 e. The topological polar surface area (TPSA) is 37.0 Å². The number of aromatic nitrogens is 1. The Kier molecular flexibility index (Phi) is 3.53. The molecule has 3 nitrogen and oxygen atoms in total. The van der Waals surface area contributed by atoms with E-state index in [4.69, 9.17) is 4.98 Å². The number of nitrogens with zero attached hydrogens (tertiary/aromatic N) is 1. The number of hydrogen-bond donors (Lipinski definition) is 2. The summed E-state index contributed by atoms with van der Waals surface area (Å²) in [6.45, 7) is 6.57. The first-order valence-electron chi connectivity index (χ1n) is 8.62. The van der Waals surface area contributed by atoms with E-state index in [0.29, 0.717) is 6.04 Å². The van der Waals surface area contributed by atoms with Gasteiger partial charge in [-0.1, -0.05) is 0 Å². The Morgan fingerprint density at radius 3 is 2.86 bits per heavy atom. The smallest absolute Gasteiger partial charge is 0.0729 e. The van der Waals surface area contributed by atoms with Crippen molar-refractivity contribution in [1.82, 2.24) is 10.3 Å². The number of hydrogen-bond acceptors (Lipinski definition) is 3. The van der Waals surface area contributed by atoms with Gasteiger partial charge in [0, 0.05) is 29.4 Å². The molecule has 2 aliphatic rings. The van der Waals surface area contributed by atoms with Crippen molar-refractivity contribution in [2.75, 3.05) is 18.4 Å². The fraction of sp³-hybridized carbons (Fsp3) is 0.526. The van der Waals surface area contributed by atoms with Crippen molar-refractivity contribution in [3.63, 3.8) is 0 Å². The lowest BCUT2D eigenvalue weighted by Crippen LogP contribution is -2.29. The Bertz CT molecular complexity index is 714. The monoisotopic (exact) mass is 295 g/mol. The van der Waals surface area contributed by atoms with Crippen LogP contribution in [0.5, 0.6) is 0 Å². The molecular formula is C19H25N3. The van der Waals surface area contributed by atoms with Gasteiger partial charge < -0.3 is 10.6 Å². The van der Waals surface area contributed by atoms with Crippen LogP contribution in [0.25, 0.3) is 10.9 Å². The molecule has 0 amide bonds. The lowest BCUT2D eigenvalue weighted by Gasteiger charge is -2.18. The molecule has 4 rings (SSSR count). The number of fused-ring (bicyclic) bond motifs is 2. The Labute approximate surface area is 132 Å². The van der Waals surface area contributed by atoms with Gasteiger partial charge >= 0.3 is 0 Å². The molecule has 1 unspecified atom stereocenters. The summed E-state index contributed by atoms with van der Waals surface area (Å²) >= 11 is 0. The third-order valence-corrected chi connectivity index (χ3v) is 5.31. The average Bonchev–Trinajstić information content (AvgIpc) is 3.16. The lowest BCUT2D eigenvalue weighted by molar-refractivity contribution is 0.633. The molecule has 0 bridgehead atoms. The first-order chi connectivity index (χ1) is 10.7. The van der Waals surface area contributed by atoms with Gasteiger partial charge in [0.1, 0.15) is 0 Å². The molecule has 1 fully saturated rings. The predicted octanol–water partition coefficient (Wildman–Crippen LogP) is 3.50. The molecule has 2 heterocycles. The zero-order valence-electron chi connectivity index (χ0n) is 13.6. The molecule has 3 heteroatoms. The van der Waals surface area contributed by atoms with Crippen molar-refractivity contribution in [2.24, 2.45) is 0 Å². The van der Waals surface area contributed by atoms with Crippen molar-refractivity contribution < 1.29 is 0 Å². The minimum atomic E-state index is 0.617. The summed E-state index contributed by atoms with van der Waals surface area (Å²) in [7, 11) is 0. The van der Waals surface area contributed by atoms with E-state index >= 15 is 0 Å². The Balaban J connectivity index is 1.77. The molecule has 1 saturated heterocycles. The van der Waals surface area contributed by atoms with Gasteiger partial charge in [0.15, 0.2) is 0 Å². The summed E-state index contributed by atoms with van der Waals surface area (Å²) in [5, 5.41) is 8.67. The highest BCUT2D eigenvalue weighted by Crippen LogP contribution is 2.35. The van der Waals surface area contributed by atoms with Crippen molar-refractivity contribution in [3.8, 4) is 0 Å². The van der Waals surface area contributed by atoms with Crippen LogP contribution in [0.4, 0.5) is 5.69 Å². The van der Waals surface area contributed by atoms with Crippen LogP contribution in [0.15, 0.2) is 12.1 Å². The van der Waals surface area contributed by atoms with E-state index in [1.54, 1.807) is 0 Å². The highest BCUT2D eigenvalue weighted by atomic mass is 15.0. The first kappa shape index (κ1) is 14.0. The third kappa shape index (κ3) is 2.38. The summed E-state index contributed by atoms with van der Waals surface area (Å²) in [5.74, 6) is 0. The normalized spacial score (nSPS) is 20.5. The van der Waals surface area contributed by atoms with Gasteiger partial charge in [-0.05, 0) is 81.3 Å². The highest BCUT2D eigenvalue weighted by Gasteiger charge is 2.21. The highest BCUT2D eigenvalue weighted by molar-refractivity contribution is 5.94. The second-order valence-electron chi connectivity index (χ2n) is 6.89. The molecule has 0 saturated carbocycles. The quantitative estimate of drug-likeness (QED) is 0.910. The molecule has 1 aliphatic carbocycles. The number of pyridine rings is 1. The van der Waals surface area contributed by atoms with Crippen molar-refractivity contribution in [3.05, 3.63) is 34.5 Å². The number of rotatable bonds is 3. The maximum absolute atomic E-state index is 4.94. The van der Waals surface area contributed by atoms with E-state index < -0.39 is 0 Å². The van der Waals surface area contributed by atoms with Gasteiger partial charge in [-0.25, -0.2) is 0 Å². The molecule has 116 valence electrons. The summed E-state index contributed by atoms with van der Waals surface area (Å²) < 4.78 is 0. The van der Waals surface area contributed by atoms with Crippen molar-refractivity contribution in [1.29, 1.82) is 0 Å². The second-order valence-corrected chi connectivity index (χ2v) is 6.89. The Morgan fingerprint density at radius 1 is 1.18 bits per heavy atom.